The molecule has 0 aromatic carbocycles. The number of aromatic nitrogens is 5. The summed E-state index contributed by atoms with van der Waals surface area (Å²) in [4.78, 5) is 7.52. The standard InChI is InChI=1S/C12H11N5OS/c1-18-10-5-4-9-11(15-10)17(12(19)14-9)7-8-3-2-6-13-16-8/h2-6H,7H2,1H3,(H,14,19). The Hall–Kier alpha value is -2.28. The normalized spacial score (nSPS) is 10.8. The predicted octanol–water partition coefficient (Wildman–Crippen LogP) is 1.94. The molecule has 3 aromatic heterocycles. The van der Waals surface area contributed by atoms with Gasteiger partial charge >= 0.3 is 0 Å². The van der Waals surface area contributed by atoms with Crippen molar-refractivity contribution in [2.45, 2.75) is 6.54 Å². The van der Waals surface area contributed by atoms with Crippen molar-refractivity contribution in [3.8, 4) is 5.88 Å². The molecule has 0 aliphatic carbocycles. The van der Waals surface area contributed by atoms with Crippen LogP contribution in [0.3, 0.4) is 0 Å². The number of pyridine rings is 1. The fourth-order valence-electron chi connectivity index (χ4n) is 1.85. The molecule has 3 heterocycles. The summed E-state index contributed by atoms with van der Waals surface area (Å²) in [5, 5.41) is 7.91. The van der Waals surface area contributed by atoms with Gasteiger partial charge in [-0.1, -0.05) is 0 Å². The lowest BCUT2D eigenvalue weighted by Gasteiger charge is -2.03. The summed E-state index contributed by atoms with van der Waals surface area (Å²) in [6.45, 7) is 0.521. The second-order valence-corrected chi connectivity index (χ2v) is 4.34. The summed E-state index contributed by atoms with van der Waals surface area (Å²) in [5.74, 6) is 0.550. The Bertz CT molecular complexity index is 765. The highest BCUT2D eigenvalue weighted by Crippen LogP contribution is 2.17. The van der Waals surface area contributed by atoms with Crippen LogP contribution in [0.5, 0.6) is 5.88 Å². The van der Waals surface area contributed by atoms with Crippen molar-refractivity contribution in [1.29, 1.82) is 0 Å². The third-order valence-electron chi connectivity index (χ3n) is 2.75. The highest BCUT2D eigenvalue weighted by Gasteiger charge is 2.08. The van der Waals surface area contributed by atoms with Crippen molar-refractivity contribution in [2.75, 3.05) is 7.11 Å². The maximum Gasteiger partial charge on any atom is 0.215 e. The van der Waals surface area contributed by atoms with E-state index in [1.807, 2.05) is 22.8 Å². The molecular formula is C12H11N5OS. The molecule has 0 amide bonds. The molecule has 0 spiro atoms. The minimum absolute atomic E-state index is 0.521. The van der Waals surface area contributed by atoms with Crippen molar-refractivity contribution in [3.63, 3.8) is 0 Å². The van der Waals surface area contributed by atoms with E-state index in [0.717, 1.165) is 16.9 Å². The molecule has 0 bridgehead atoms. The second kappa shape index (κ2) is 4.77. The molecular weight excluding hydrogens is 262 g/mol. The van der Waals surface area contributed by atoms with E-state index >= 15 is 0 Å². The van der Waals surface area contributed by atoms with Gasteiger partial charge in [0.2, 0.25) is 5.88 Å². The molecule has 0 fully saturated rings. The number of aromatic amines is 1. The summed E-state index contributed by atoms with van der Waals surface area (Å²) < 4.78 is 7.61. The molecule has 7 heteroatoms. The SMILES string of the molecule is COc1ccc2[nH]c(=S)n(Cc3cccnn3)c2n1. The van der Waals surface area contributed by atoms with Crippen LogP contribution in [0.25, 0.3) is 11.2 Å². The van der Waals surface area contributed by atoms with Gasteiger partial charge in [0.1, 0.15) is 0 Å². The number of imidazole rings is 1. The van der Waals surface area contributed by atoms with E-state index in [2.05, 4.69) is 20.2 Å². The molecule has 3 rings (SSSR count). The largest absolute Gasteiger partial charge is 0.481 e. The molecule has 3 aromatic rings. The van der Waals surface area contributed by atoms with Gasteiger partial charge in [-0.3, -0.25) is 4.57 Å². The smallest absolute Gasteiger partial charge is 0.215 e. The number of rotatable bonds is 3. The summed E-state index contributed by atoms with van der Waals surface area (Å²) in [5.41, 5.74) is 2.44. The highest BCUT2D eigenvalue weighted by atomic mass is 32.1. The number of H-pyrrole nitrogens is 1. The van der Waals surface area contributed by atoms with Gasteiger partial charge < -0.3 is 9.72 Å². The third-order valence-corrected chi connectivity index (χ3v) is 3.07. The van der Waals surface area contributed by atoms with E-state index in [9.17, 15) is 0 Å². The minimum Gasteiger partial charge on any atom is -0.481 e. The van der Waals surface area contributed by atoms with E-state index in [-0.39, 0.29) is 0 Å². The Balaban J connectivity index is 2.12. The van der Waals surface area contributed by atoms with Crippen LogP contribution < -0.4 is 4.74 Å². The van der Waals surface area contributed by atoms with Crippen LogP contribution in [-0.2, 0) is 6.54 Å². The zero-order valence-corrected chi connectivity index (χ0v) is 11.0. The molecule has 0 atom stereocenters. The maximum atomic E-state index is 5.31. The minimum atomic E-state index is 0.521. The number of nitrogens with zero attached hydrogens (tertiary/aromatic N) is 4. The summed E-state index contributed by atoms with van der Waals surface area (Å²) >= 11 is 5.31. The fourth-order valence-corrected chi connectivity index (χ4v) is 2.11. The van der Waals surface area contributed by atoms with E-state index in [4.69, 9.17) is 17.0 Å². The van der Waals surface area contributed by atoms with Gasteiger partial charge in [0.15, 0.2) is 10.4 Å². The van der Waals surface area contributed by atoms with Crippen molar-refractivity contribution >= 4 is 23.4 Å². The first kappa shape index (κ1) is 11.8. The zero-order valence-electron chi connectivity index (χ0n) is 10.2. The van der Waals surface area contributed by atoms with Crippen LogP contribution in [0.1, 0.15) is 5.69 Å². The zero-order chi connectivity index (χ0) is 13.2. The molecule has 0 aliphatic heterocycles. The number of hydrogen-bond acceptors (Lipinski definition) is 5. The quantitative estimate of drug-likeness (QED) is 0.739. The Morgan fingerprint density at radius 2 is 2.26 bits per heavy atom. The van der Waals surface area contributed by atoms with Gasteiger partial charge in [-0.05, 0) is 30.4 Å². The number of methoxy groups -OCH3 is 1. The average Bonchev–Trinajstić information content (AvgIpc) is 2.76. The number of hydrogen-bond donors (Lipinski definition) is 1. The van der Waals surface area contributed by atoms with Crippen LogP contribution >= 0.6 is 12.2 Å². The lowest BCUT2D eigenvalue weighted by atomic mass is 10.4. The van der Waals surface area contributed by atoms with Gasteiger partial charge in [-0.15, -0.1) is 0 Å². The second-order valence-electron chi connectivity index (χ2n) is 3.96. The van der Waals surface area contributed by atoms with Gasteiger partial charge in [0, 0.05) is 12.3 Å². The van der Waals surface area contributed by atoms with Gasteiger partial charge in [0.05, 0.1) is 24.9 Å². The van der Waals surface area contributed by atoms with Gasteiger partial charge in [0.25, 0.3) is 0 Å². The lowest BCUT2D eigenvalue weighted by Crippen LogP contribution is -2.03. The topological polar surface area (TPSA) is 68.6 Å². The maximum absolute atomic E-state index is 5.31. The van der Waals surface area contributed by atoms with E-state index < -0.39 is 0 Å². The Morgan fingerprint density at radius 1 is 1.37 bits per heavy atom. The van der Waals surface area contributed by atoms with Crippen LogP contribution in [0.4, 0.5) is 0 Å². The first-order valence-electron chi connectivity index (χ1n) is 5.68. The molecule has 0 unspecified atom stereocenters. The van der Waals surface area contributed by atoms with Crippen LogP contribution in [0.2, 0.25) is 0 Å². The summed E-state index contributed by atoms with van der Waals surface area (Å²) in [6, 6.07) is 7.42. The van der Waals surface area contributed by atoms with Crippen molar-refractivity contribution in [3.05, 3.63) is 40.9 Å². The van der Waals surface area contributed by atoms with Crippen LogP contribution in [0, 0.1) is 4.77 Å². The molecule has 0 saturated carbocycles. The molecule has 0 radical (unpaired) electrons. The lowest BCUT2D eigenvalue weighted by molar-refractivity contribution is 0.399. The molecule has 0 saturated heterocycles. The van der Waals surface area contributed by atoms with Crippen LogP contribution in [0.15, 0.2) is 30.5 Å². The van der Waals surface area contributed by atoms with E-state index in [1.165, 1.54) is 0 Å². The molecule has 6 nitrogen and oxygen atoms in total. The van der Waals surface area contributed by atoms with E-state index in [1.54, 1.807) is 19.4 Å². The highest BCUT2D eigenvalue weighted by molar-refractivity contribution is 7.71. The summed E-state index contributed by atoms with van der Waals surface area (Å²) in [7, 11) is 1.59. The van der Waals surface area contributed by atoms with Gasteiger partial charge in [-0.25, -0.2) is 0 Å². The van der Waals surface area contributed by atoms with Crippen molar-refractivity contribution in [2.24, 2.45) is 0 Å². The third kappa shape index (κ3) is 2.19. The van der Waals surface area contributed by atoms with Crippen molar-refractivity contribution in [1.82, 2.24) is 24.7 Å². The first-order valence-corrected chi connectivity index (χ1v) is 6.09. The molecule has 19 heavy (non-hydrogen) atoms. The average molecular weight is 273 g/mol. The van der Waals surface area contributed by atoms with Gasteiger partial charge in [-0.2, -0.15) is 15.2 Å². The van der Waals surface area contributed by atoms with E-state index in [0.29, 0.717) is 17.2 Å². The molecule has 0 aliphatic rings. The molecule has 96 valence electrons. The van der Waals surface area contributed by atoms with Crippen LogP contribution in [-0.4, -0.2) is 31.8 Å². The molecule has 1 N–H and O–H groups in total. The first-order chi connectivity index (χ1) is 9.28. The van der Waals surface area contributed by atoms with Crippen molar-refractivity contribution < 1.29 is 4.74 Å². The number of nitrogens with one attached hydrogen (secondary N) is 1. The summed E-state index contributed by atoms with van der Waals surface area (Å²) in [6.07, 6.45) is 1.64. The Kier molecular flexibility index (Phi) is 2.96. The predicted molar refractivity (Wildman–Crippen MR) is 72.6 cm³/mol. The fraction of sp³-hybridized carbons (Fsp3) is 0.167. The number of fused-ring (bicyclic) bond motifs is 1. The number of ether oxygens (including phenoxy) is 1. The Labute approximate surface area is 114 Å². The Morgan fingerprint density at radius 3 is 3.00 bits per heavy atom. The monoisotopic (exact) mass is 273 g/mol.